The van der Waals surface area contributed by atoms with Crippen LogP contribution < -0.4 is 0 Å². The largest absolute Gasteiger partial charge is 0.376 e. The molecule has 1 atom stereocenters. The molecule has 2 nitrogen and oxygen atoms in total. The van der Waals surface area contributed by atoms with Crippen molar-refractivity contribution in [2.24, 2.45) is 0 Å². The third-order valence-corrected chi connectivity index (χ3v) is 3.50. The summed E-state index contributed by atoms with van der Waals surface area (Å²) < 4.78 is 12.5. The third-order valence-electron chi connectivity index (χ3n) is 2.52. The molecule has 3 heteroatoms. The van der Waals surface area contributed by atoms with Gasteiger partial charge in [0.05, 0.1) is 24.9 Å². The van der Waals surface area contributed by atoms with Crippen molar-refractivity contribution < 1.29 is 9.47 Å². The van der Waals surface area contributed by atoms with Gasteiger partial charge in [-0.2, -0.15) is 0 Å². The van der Waals surface area contributed by atoms with E-state index in [1.165, 1.54) is 19.3 Å². The Morgan fingerprint density at radius 2 is 2.27 bits per heavy atom. The number of hydrogen-bond donors (Lipinski definition) is 0. The fourth-order valence-electron chi connectivity index (χ4n) is 1.71. The smallest absolute Gasteiger partial charge is 0.0920 e. The zero-order valence-corrected chi connectivity index (χ0v) is 8.67. The summed E-state index contributed by atoms with van der Waals surface area (Å²) in [5, 5.41) is 0. The van der Waals surface area contributed by atoms with Gasteiger partial charge >= 0.3 is 0 Å². The van der Waals surface area contributed by atoms with Crippen LogP contribution in [-0.4, -0.2) is 29.3 Å². The Hall–Kier alpha value is 0.650. The fourth-order valence-corrected chi connectivity index (χ4v) is 2.14. The van der Waals surface area contributed by atoms with Crippen molar-refractivity contribution in [1.82, 2.24) is 0 Å². The quantitative estimate of drug-likeness (QED) is 0.533. The molecule has 0 aromatic heterocycles. The maximum absolute atomic E-state index is 5.93. The van der Waals surface area contributed by atoms with Crippen LogP contribution >= 0.6 is 22.6 Å². The van der Waals surface area contributed by atoms with Crippen molar-refractivity contribution in [3.8, 4) is 0 Å². The van der Waals surface area contributed by atoms with Crippen LogP contribution in [0.5, 0.6) is 0 Å². The minimum absolute atomic E-state index is 0.147. The Labute approximate surface area is 80.8 Å². The first-order valence-electron chi connectivity index (χ1n) is 4.16. The van der Waals surface area contributed by atoms with Crippen LogP contribution in [0.25, 0.3) is 0 Å². The van der Waals surface area contributed by atoms with Crippen molar-refractivity contribution in [3.05, 3.63) is 0 Å². The Morgan fingerprint density at radius 3 is 2.82 bits per heavy atom. The predicted octanol–water partition coefficient (Wildman–Crippen LogP) is 1.76. The first-order valence-corrected chi connectivity index (χ1v) is 5.69. The van der Waals surface area contributed by atoms with Crippen LogP contribution in [0.15, 0.2) is 0 Å². The summed E-state index contributed by atoms with van der Waals surface area (Å²) in [6, 6.07) is 0. The van der Waals surface area contributed by atoms with Gasteiger partial charge in [-0.1, -0.05) is 22.6 Å². The van der Waals surface area contributed by atoms with Crippen molar-refractivity contribution in [3.63, 3.8) is 0 Å². The molecule has 0 aromatic rings. The SMILES string of the molecule is ICC1COCC2(CCC2)O1. The van der Waals surface area contributed by atoms with Gasteiger partial charge in [-0.05, 0) is 19.3 Å². The summed E-state index contributed by atoms with van der Waals surface area (Å²) in [7, 11) is 0. The summed E-state index contributed by atoms with van der Waals surface area (Å²) in [4.78, 5) is 0. The Kier molecular flexibility index (Phi) is 2.39. The maximum Gasteiger partial charge on any atom is 0.0920 e. The molecule has 2 fully saturated rings. The molecule has 1 spiro atoms. The highest BCUT2D eigenvalue weighted by Crippen LogP contribution is 2.39. The molecule has 0 N–H and O–H groups in total. The molecule has 1 heterocycles. The van der Waals surface area contributed by atoms with E-state index in [4.69, 9.17) is 9.47 Å². The predicted molar refractivity (Wildman–Crippen MR) is 51.2 cm³/mol. The van der Waals surface area contributed by atoms with Gasteiger partial charge in [-0.3, -0.25) is 0 Å². The Bertz CT molecular complexity index is 145. The first-order chi connectivity index (χ1) is 5.35. The van der Waals surface area contributed by atoms with Crippen molar-refractivity contribution in [2.75, 3.05) is 17.6 Å². The topological polar surface area (TPSA) is 18.5 Å². The van der Waals surface area contributed by atoms with E-state index in [0.717, 1.165) is 17.6 Å². The molecule has 0 amide bonds. The zero-order chi connectivity index (χ0) is 7.73. The second-order valence-corrected chi connectivity index (χ2v) is 4.33. The highest BCUT2D eigenvalue weighted by atomic mass is 127. The van der Waals surface area contributed by atoms with Crippen LogP contribution in [0.1, 0.15) is 19.3 Å². The highest BCUT2D eigenvalue weighted by Gasteiger charge is 2.42. The van der Waals surface area contributed by atoms with E-state index >= 15 is 0 Å². The molecule has 1 aliphatic heterocycles. The lowest BCUT2D eigenvalue weighted by atomic mass is 9.80. The summed E-state index contributed by atoms with van der Waals surface area (Å²) in [5.41, 5.74) is 0.147. The van der Waals surface area contributed by atoms with E-state index in [-0.39, 0.29) is 5.60 Å². The number of halogens is 1. The van der Waals surface area contributed by atoms with Gasteiger partial charge in [0, 0.05) is 4.43 Å². The van der Waals surface area contributed by atoms with Gasteiger partial charge in [-0.15, -0.1) is 0 Å². The molecule has 11 heavy (non-hydrogen) atoms. The van der Waals surface area contributed by atoms with Crippen molar-refractivity contribution in [1.29, 1.82) is 0 Å². The van der Waals surface area contributed by atoms with Crippen LogP contribution in [-0.2, 0) is 9.47 Å². The number of alkyl halides is 1. The zero-order valence-electron chi connectivity index (χ0n) is 6.51. The molecular weight excluding hydrogens is 255 g/mol. The highest BCUT2D eigenvalue weighted by molar-refractivity contribution is 14.1. The van der Waals surface area contributed by atoms with E-state index in [9.17, 15) is 0 Å². The average molecular weight is 268 g/mol. The van der Waals surface area contributed by atoms with Gasteiger partial charge in [0.2, 0.25) is 0 Å². The normalized spacial score (nSPS) is 35.2. The van der Waals surface area contributed by atoms with E-state index < -0.39 is 0 Å². The van der Waals surface area contributed by atoms with Crippen molar-refractivity contribution in [2.45, 2.75) is 31.0 Å². The molecule has 2 rings (SSSR count). The van der Waals surface area contributed by atoms with Gasteiger partial charge in [0.25, 0.3) is 0 Å². The molecule has 0 bridgehead atoms. The standard InChI is InChI=1S/C8H13IO2/c9-4-7-5-10-6-8(11-7)2-1-3-8/h7H,1-6H2. The van der Waals surface area contributed by atoms with E-state index in [0.29, 0.717) is 6.10 Å². The summed E-state index contributed by atoms with van der Waals surface area (Å²) in [6.07, 6.45) is 4.09. The number of ether oxygens (including phenoxy) is 2. The van der Waals surface area contributed by atoms with E-state index in [1.54, 1.807) is 0 Å². The van der Waals surface area contributed by atoms with Crippen molar-refractivity contribution >= 4 is 22.6 Å². The van der Waals surface area contributed by atoms with Gasteiger partial charge < -0.3 is 9.47 Å². The van der Waals surface area contributed by atoms with Gasteiger partial charge in [0.1, 0.15) is 0 Å². The molecule has 0 radical (unpaired) electrons. The fraction of sp³-hybridized carbons (Fsp3) is 1.00. The molecule has 64 valence electrons. The molecule has 1 aliphatic carbocycles. The van der Waals surface area contributed by atoms with Crippen LogP contribution in [0.4, 0.5) is 0 Å². The van der Waals surface area contributed by atoms with Gasteiger partial charge in [0.15, 0.2) is 0 Å². The van der Waals surface area contributed by atoms with Crippen LogP contribution in [0.2, 0.25) is 0 Å². The molecule has 1 saturated heterocycles. The summed E-state index contributed by atoms with van der Waals surface area (Å²) in [5.74, 6) is 0. The summed E-state index contributed by atoms with van der Waals surface area (Å²) in [6.45, 7) is 1.63. The summed E-state index contributed by atoms with van der Waals surface area (Å²) >= 11 is 2.36. The van der Waals surface area contributed by atoms with Gasteiger partial charge in [-0.25, -0.2) is 0 Å². The second-order valence-electron chi connectivity index (χ2n) is 3.45. The lowest BCUT2D eigenvalue weighted by Gasteiger charge is -2.46. The Balaban J connectivity index is 1.92. The maximum atomic E-state index is 5.93. The molecule has 1 unspecified atom stereocenters. The second kappa shape index (κ2) is 3.18. The minimum Gasteiger partial charge on any atom is -0.376 e. The molecular formula is C8H13IO2. The third kappa shape index (κ3) is 1.55. The first kappa shape index (κ1) is 8.26. The average Bonchev–Trinajstić information content (AvgIpc) is 2.02. The Morgan fingerprint density at radius 1 is 1.45 bits per heavy atom. The van der Waals surface area contributed by atoms with Crippen LogP contribution in [0.3, 0.4) is 0 Å². The van der Waals surface area contributed by atoms with Crippen LogP contribution in [0, 0.1) is 0 Å². The number of rotatable bonds is 1. The molecule has 1 saturated carbocycles. The molecule has 2 aliphatic rings. The van der Waals surface area contributed by atoms with E-state index in [1.807, 2.05) is 0 Å². The number of hydrogen-bond acceptors (Lipinski definition) is 2. The van der Waals surface area contributed by atoms with E-state index in [2.05, 4.69) is 22.6 Å². The minimum atomic E-state index is 0.147. The lowest BCUT2D eigenvalue weighted by molar-refractivity contribution is -0.221. The molecule has 0 aromatic carbocycles. The monoisotopic (exact) mass is 268 g/mol. The lowest BCUT2D eigenvalue weighted by Crippen LogP contribution is -2.52.